The van der Waals surface area contributed by atoms with Crippen molar-refractivity contribution in [2.45, 2.75) is 32.9 Å². The molecule has 0 aliphatic carbocycles. The van der Waals surface area contributed by atoms with Gasteiger partial charge in [0.15, 0.2) is 11.6 Å². The molecule has 1 amide bonds. The van der Waals surface area contributed by atoms with Crippen molar-refractivity contribution in [2.24, 2.45) is 13.0 Å². The van der Waals surface area contributed by atoms with E-state index in [-0.39, 0.29) is 29.0 Å². The molecule has 3 aromatic heterocycles. The Balaban J connectivity index is 1.76. The molecule has 0 bridgehead atoms. The highest BCUT2D eigenvalue weighted by atomic mass is 16.2. The van der Waals surface area contributed by atoms with E-state index in [2.05, 4.69) is 23.9 Å². The number of aromatic nitrogens is 5. The molecule has 0 saturated heterocycles. The molecule has 29 heavy (non-hydrogen) atoms. The van der Waals surface area contributed by atoms with Gasteiger partial charge >= 0.3 is 0 Å². The predicted octanol–water partition coefficient (Wildman–Crippen LogP) is 2.28. The Labute approximate surface area is 168 Å². The van der Waals surface area contributed by atoms with Gasteiger partial charge in [-0.1, -0.05) is 20.3 Å². The monoisotopic (exact) mass is 392 g/mol. The van der Waals surface area contributed by atoms with Crippen molar-refractivity contribution in [1.82, 2.24) is 29.2 Å². The lowest BCUT2D eigenvalue weighted by molar-refractivity contribution is 0.0516. The zero-order valence-electron chi connectivity index (χ0n) is 16.8. The molecule has 3 aromatic rings. The average molecular weight is 392 g/mol. The van der Waals surface area contributed by atoms with Gasteiger partial charge in [-0.15, -0.1) is 0 Å². The predicted molar refractivity (Wildman–Crippen MR) is 108 cm³/mol. The minimum absolute atomic E-state index is 0.163. The fourth-order valence-electron chi connectivity index (χ4n) is 3.76. The van der Waals surface area contributed by atoms with Gasteiger partial charge in [-0.2, -0.15) is 5.10 Å². The van der Waals surface area contributed by atoms with Gasteiger partial charge in [0.2, 0.25) is 0 Å². The Morgan fingerprint density at radius 2 is 2.10 bits per heavy atom. The maximum absolute atomic E-state index is 13.3. The second-order valence-electron chi connectivity index (χ2n) is 7.43. The van der Waals surface area contributed by atoms with E-state index < -0.39 is 0 Å². The number of fused-ring (bicyclic) bond motifs is 1. The third-order valence-electron chi connectivity index (χ3n) is 5.57. The van der Waals surface area contributed by atoms with Crippen molar-refractivity contribution in [2.75, 3.05) is 6.54 Å². The van der Waals surface area contributed by atoms with Crippen LogP contribution in [0.15, 0.2) is 47.7 Å². The van der Waals surface area contributed by atoms with Crippen molar-refractivity contribution < 1.29 is 4.79 Å². The highest BCUT2D eigenvalue weighted by Gasteiger charge is 2.38. The van der Waals surface area contributed by atoms with Gasteiger partial charge in [0, 0.05) is 37.7 Å². The van der Waals surface area contributed by atoms with Crippen LogP contribution in [0.25, 0.3) is 11.4 Å². The highest BCUT2D eigenvalue weighted by molar-refractivity contribution is 5.94. The molecule has 8 heteroatoms. The molecule has 0 spiro atoms. The first kappa shape index (κ1) is 19.0. The van der Waals surface area contributed by atoms with E-state index in [0.29, 0.717) is 18.9 Å². The Kier molecular flexibility index (Phi) is 5.00. The van der Waals surface area contributed by atoms with E-state index in [1.807, 2.05) is 16.8 Å². The topological polar surface area (TPSA) is 85.9 Å². The zero-order valence-corrected chi connectivity index (χ0v) is 16.8. The van der Waals surface area contributed by atoms with Crippen LogP contribution in [-0.4, -0.2) is 41.7 Å². The number of hydrogen-bond acceptors (Lipinski definition) is 5. The standard InChI is InChI=1S/C21H24N6O2/c1-4-14(2)17-19-23-18(15-7-5-9-22-13-15)24-27(19)12-11-26(17)21(29)16-8-6-10-25(3)20(16)28/h5-10,13-14,17H,4,11-12H2,1-3H3/t14-,17-/m0/s1. The fraction of sp³-hybridized carbons (Fsp3) is 0.381. The fourth-order valence-corrected chi connectivity index (χ4v) is 3.76. The van der Waals surface area contributed by atoms with Crippen molar-refractivity contribution in [3.63, 3.8) is 0 Å². The van der Waals surface area contributed by atoms with Crippen molar-refractivity contribution in [3.8, 4) is 11.4 Å². The summed E-state index contributed by atoms with van der Waals surface area (Å²) in [5.74, 6) is 1.27. The quantitative estimate of drug-likeness (QED) is 0.680. The number of rotatable bonds is 4. The first-order valence-corrected chi connectivity index (χ1v) is 9.83. The molecule has 0 fully saturated rings. The molecule has 1 aliphatic rings. The Morgan fingerprint density at radius 1 is 1.28 bits per heavy atom. The summed E-state index contributed by atoms with van der Waals surface area (Å²) in [5.41, 5.74) is 0.736. The van der Waals surface area contributed by atoms with Crippen LogP contribution >= 0.6 is 0 Å². The Morgan fingerprint density at radius 3 is 2.83 bits per heavy atom. The molecule has 0 aromatic carbocycles. The van der Waals surface area contributed by atoms with Gasteiger partial charge in [0.25, 0.3) is 11.5 Å². The van der Waals surface area contributed by atoms with E-state index in [1.54, 1.807) is 42.7 Å². The van der Waals surface area contributed by atoms with Gasteiger partial charge in [-0.25, -0.2) is 9.67 Å². The van der Waals surface area contributed by atoms with Crippen LogP contribution in [0.5, 0.6) is 0 Å². The third-order valence-corrected chi connectivity index (χ3v) is 5.57. The van der Waals surface area contributed by atoms with Crippen molar-refractivity contribution >= 4 is 5.91 Å². The summed E-state index contributed by atoms with van der Waals surface area (Å²) in [6.45, 7) is 5.21. The van der Waals surface area contributed by atoms with Crippen molar-refractivity contribution in [1.29, 1.82) is 0 Å². The lowest BCUT2D eigenvalue weighted by atomic mass is 9.94. The lowest BCUT2D eigenvalue weighted by Crippen LogP contribution is -2.46. The first-order valence-electron chi connectivity index (χ1n) is 9.83. The van der Waals surface area contributed by atoms with Gasteiger partial charge in [0.05, 0.1) is 12.6 Å². The number of amides is 1. The largest absolute Gasteiger partial charge is 0.326 e. The van der Waals surface area contributed by atoms with Gasteiger partial charge in [-0.3, -0.25) is 14.6 Å². The van der Waals surface area contributed by atoms with Gasteiger partial charge in [0.1, 0.15) is 5.56 Å². The highest BCUT2D eigenvalue weighted by Crippen LogP contribution is 2.34. The van der Waals surface area contributed by atoms with Crippen LogP contribution in [0.1, 0.15) is 42.5 Å². The summed E-state index contributed by atoms with van der Waals surface area (Å²) in [5, 5.41) is 4.65. The van der Waals surface area contributed by atoms with Crippen LogP contribution in [0, 0.1) is 5.92 Å². The van der Waals surface area contributed by atoms with Gasteiger partial charge in [-0.05, 0) is 30.2 Å². The molecule has 4 rings (SSSR count). The van der Waals surface area contributed by atoms with Crippen LogP contribution in [-0.2, 0) is 13.6 Å². The Hall–Kier alpha value is -3.29. The molecule has 0 N–H and O–H groups in total. The van der Waals surface area contributed by atoms with Crippen LogP contribution in [0.4, 0.5) is 0 Å². The SMILES string of the molecule is CC[C@H](C)[C@H]1c2nc(-c3cccnc3)nn2CCN1C(=O)c1cccn(C)c1=O. The second-order valence-corrected chi connectivity index (χ2v) is 7.43. The minimum Gasteiger partial charge on any atom is -0.326 e. The molecule has 4 heterocycles. The minimum atomic E-state index is -0.288. The summed E-state index contributed by atoms with van der Waals surface area (Å²) >= 11 is 0. The van der Waals surface area contributed by atoms with E-state index in [9.17, 15) is 9.59 Å². The normalized spacial score (nSPS) is 17.1. The molecule has 1 aliphatic heterocycles. The molecular weight excluding hydrogens is 368 g/mol. The number of carbonyl (C=O) groups excluding carboxylic acids is 1. The number of nitrogens with zero attached hydrogens (tertiary/aromatic N) is 6. The molecule has 0 radical (unpaired) electrons. The Bertz CT molecular complexity index is 1090. The summed E-state index contributed by atoms with van der Waals surface area (Å²) in [4.78, 5) is 36.5. The molecule has 150 valence electrons. The first-order chi connectivity index (χ1) is 14.0. The molecule has 8 nitrogen and oxygen atoms in total. The number of pyridine rings is 2. The maximum Gasteiger partial charge on any atom is 0.263 e. The van der Waals surface area contributed by atoms with E-state index in [0.717, 1.165) is 17.8 Å². The summed E-state index contributed by atoms with van der Waals surface area (Å²) in [6, 6.07) is 6.84. The lowest BCUT2D eigenvalue weighted by Gasteiger charge is -2.38. The van der Waals surface area contributed by atoms with Crippen LogP contribution < -0.4 is 5.56 Å². The molecule has 2 atom stereocenters. The third kappa shape index (κ3) is 3.35. The zero-order chi connectivity index (χ0) is 20.5. The maximum atomic E-state index is 13.3. The number of carbonyl (C=O) groups is 1. The van der Waals surface area contributed by atoms with Crippen LogP contribution in [0.2, 0.25) is 0 Å². The van der Waals surface area contributed by atoms with Gasteiger partial charge < -0.3 is 9.47 Å². The van der Waals surface area contributed by atoms with E-state index in [4.69, 9.17) is 4.98 Å². The molecule has 0 saturated carbocycles. The summed E-state index contributed by atoms with van der Waals surface area (Å²) < 4.78 is 3.31. The number of aryl methyl sites for hydroxylation is 1. The number of hydrogen-bond donors (Lipinski definition) is 0. The molecule has 0 unspecified atom stereocenters. The van der Waals surface area contributed by atoms with Crippen LogP contribution in [0.3, 0.4) is 0 Å². The summed E-state index contributed by atoms with van der Waals surface area (Å²) in [7, 11) is 1.65. The van der Waals surface area contributed by atoms with E-state index >= 15 is 0 Å². The molecular formula is C21H24N6O2. The van der Waals surface area contributed by atoms with Crippen molar-refractivity contribution in [3.05, 3.63) is 64.6 Å². The van der Waals surface area contributed by atoms with E-state index in [1.165, 1.54) is 4.57 Å². The summed E-state index contributed by atoms with van der Waals surface area (Å²) in [6.07, 6.45) is 5.97. The second kappa shape index (κ2) is 7.62. The smallest absolute Gasteiger partial charge is 0.263 e. The average Bonchev–Trinajstić information content (AvgIpc) is 3.19.